The fourth-order valence-corrected chi connectivity index (χ4v) is 2.01. The average molecular weight is 273 g/mol. The summed E-state index contributed by atoms with van der Waals surface area (Å²) in [7, 11) is 1.93. The van der Waals surface area contributed by atoms with Crippen LogP contribution in [0.15, 0.2) is 53.7 Å². The molecule has 0 unspecified atom stereocenters. The summed E-state index contributed by atoms with van der Waals surface area (Å²) in [5.41, 5.74) is 7.81. The van der Waals surface area contributed by atoms with Crippen LogP contribution in [0.25, 0.3) is 0 Å². The minimum Gasteiger partial charge on any atom is -0.409 e. The van der Waals surface area contributed by atoms with E-state index in [-0.39, 0.29) is 5.84 Å². The summed E-state index contributed by atoms with van der Waals surface area (Å²) in [5, 5.41) is 11.7. The molecule has 5 heteroatoms. The lowest BCUT2D eigenvalue weighted by atomic mass is 10.1. The topological polar surface area (TPSA) is 61.8 Å². The van der Waals surface area contributed by atoms with E-state index in [0.29, 0.717) is 12.1 Å². The third-order valence-electron chi connectivity index (χ3n) is 3.06. The van der Waals surface area contributed by atoms with Crippen LogP contribution in [-0.4, -0.2) is 18.1 Å². The molecule has 0 saturated heterocycles. The zero-order valence-electron chi connectivity index (χ0n) is 11.1. The Morgan fingerprint density at radius 2 is 1.95 bits per heavy atom. The summed E-state index contributed by atoms with van der Waals surface area (Å²) in [6.45, 7) is 0.524. The number of hydrogen-bond acceptors (Lipinski definition) is 3. The third-order valence-corrected chi connectivity index (χ3v) is 3.06. The number of nitrogens with zero attached hydrogens (tertiary/aromatic N) is 2. The molecule has 0 spiro atoms. The number of oxime groups is 1. The van der Waals surface area contributed by atoms with E-state index >= 15 is 0 Å². The van der Waals surface area contributed by atoms with Crippen molar-refractivity contribution >= 4 is 11.5 Å². The van der Waals surface area contributed by atoms with Gasteiger partial charge in [0.1, 0.15) is 5.82 Å². The molecule has 0 fully saturated rings. The van der Waals surface area contributed by atoms with Crippen LogP contribution in [0.2, 0.25) is 0 Å². The van der Waals surface area contributed by atoms with Crippen molar-refractivity contribution < 1.29 is 9.60 Å². The number of rotatable bonds is 4. The molecule has 0 atom stereocenters. The Morgan fingerprint density at radius 1 is 1.25 bits per heavy atom. The molecule has 0 saturated carbocycles. The second-order valence-corrected chi connectivity index (χ2v) is 4.48. The second kappa shape index (κ2) is 6.06. The van der Waals surface area contributed by atoms with Gasteiger partial charge in [0.15, 0.2) is 5.84 Å². The van der Waals surface area contributed by atoms with Crippen LogP contribution in [0.4, 0.5) is 10.1 Å². The van der Waals surface area contributed by atoms with Crippen LogP contribution >= 0.6 is 0 Å². The van der Waals surface area contributed by atoms with Gasteiger partial charge in [0.25, 0.3) is 0 Å². The molecule has 0 aromatic heterocycles. The van der Waals surface area contributed by atoms with E-state index in [9.17, 15) is 4.39 Å². The van der Waals surface area contributed by atoms with E-state index < -0.39 is 5.82 Å². The van der Waals surface area contributed by atoms with Gasteiger partial charge in [-0.2, -0.15) is 0 Å². The van der Waals surface area contributed by atoms with E-state index in [4.69, 9.17) is 10.9 Å². The molecule has 2 aromatic carbocycles. The highest BCUT2D eigenvalue weighted by Gasteiger charge is 2.11. The van der Waals surface area contributed by atoms with E-state index in [0.717, 1.165) is 11.3 Å². The van der Waals surface area contributed by atoms with Crippen LogP contribution in [0.3, 0.4) is 0 Å². The van der Waals surface area contributed by atoms with Gasteiger partial charge in [0.05, 0.1) is 0 Å². The van der Waals surface area contributed by atoms with Gasteiger partial charge in [-0.1, -0.05) is 29.4 Å². The van der Waals surface area contributed by atoms with E-state index in [1.165, 1.54) is 12.1 Å². The quantitative estimate of drug-likeness (QED) is 0.389. The molecule has 20 heavy (non-hydrogen) atoms. The Labute approximate surface area is 116 Å². The number of benzene rings is 2. The van der Waals surface area contributed by atoms with Crippen molar-refractivity contribution in [3.8, 4) is 0 Å². The Balaban J connectivity index is 2.30. The summed E-state index contributed by atoms with van der Waals surface area (Å²) in [5.74, 6) is -0.515. The molecule has 2 rings (SSSR count). The fourth-order valence-electron chi connectivity index (χ4n) is 2.01. The first-order chi connectivity index (χ1) is 9.61. The van der Waals surface area contributed by atoms with Gasteiger partial charge in [-0.15, -0.1) is 0 Å². The molecule has 2 aromatic rings. The summed E-state index contributed by atoms with van der Waals surface area (Å²) >= 11 is 0. The van der Waals surface area contributed by atoms with Gasteiger partial charge in [-0.3, -0.25) is 0 Å². The molecular weight excluding hydrogens is 257 g/mol. The zero-order chi connectivity index (χ0) is 14.5. The number of amidine groups is 1. The standard InChI is InChI=1S/C15H16FN3O/c1-19(13-5-3-2-4-6-13)10-11-7-8-12(16)9-14(11)15(17)18-20/h2-9,20H,10H2,1H3,(H2,17,18). The Hall–Kier alpha value is -2.56. The van der Waals surface area contributed by atoms with E-state index in [1.54, 1.807) is 6.07 Å². The molecule has 4 nitrogen and oxygen atoms in total. The van der Waals surface area contributed by atoms with Gasteiger partial charge < -0.3 is 15.8 Å². The lowest BCUT2D eigenvalue weighted by Gasteiger charge is -2.21. The first-order valence-corrected chi connectivity index (χ1v) is 6.14. The maximum atomic E-state index is 13.3. The largest absolute Gasteiger partial charge is 0.409 e. The molecule has 0 bridgehead atoms. The summed E-state index contributed by atoms with van der Waals surface area (Å²) < 4.78 is 13.3. The van der Waals surface area contributed by atoms with Crippen molar-refractivity contribution in [1.29, 1.82) is 0 Å². The number of halogens is 1. The molecule has 0 aliphatic heterocycles. The molecule has 0 amide bonds. The van der Waals surface area contributed by atoms with Crippen LogP contribution in [0, 0.1) is 5.82 Å². The second-order valence-electron chi connectivity index (χ2n) is 4.48. The SMILES string of the molecule is CN(Cc1ccc(F)cc1C(N)=NO)c1ccccc1. The third kappa shape index (κ3) is 3.06. The van der Waals surface area contributed by atoms with Crippen LogP contribution in [-0.2, 0) is 6.54 Å². The minimum absolute atomic E-state index is 0.0963. The molecule has 0 aliphatic rings. The summed E-state index contributed by atoms with van der Waals surface area (Å²) in [6, 6.07) is 14.1. The maximum absolute atomic E-state index is 13.3. The highest BCUT2D eigenvalue weighted by molar-refractivity contribution is 5.98. The highest BCUT2D eigenvalue weighted by atomic mass is 19.1. The maximum Gasteiger partial charge on any atom is 0.170 e. The molecule has 0 radical (unpaired) electrons. The first kappa shape index (κ1) is 13.9. The summed E-state index contributed by atoms with van der Waals surface area (Å²) in [4.78, 5) is 2.00. The Morgan fingerprint density at radius 3 is 2.60 bits per heavy atom. The van der Waals surface area contributed by atoms with Crippen LogP contribution < -0.4 is 10.6 Å². The van der Waals surface area contributed by atoms with Crippen molar-refractivity contribution in [1.82, 2.24) is 0 Å². The number of nitrogens with two attached hydrogens (primary N) is 1. The smallest absolute Gasteiger partial charge is 0.170 e. The predicted octanol–water partition coefficient (Wildman–Crippen LogP) is 2.56. The van der Waals surface area contributed by atoms with Gasteiger partial charge in [0, 0.05) is 24.8 Å². The van der Waals surface area contributed by atoms with E-state index in [1.807, 2.05) is 42.3 Å². The van der Waals surface area contributed by atoms with Crippen molar-refractivity contribution in [3.05, 3.63) is 65.5 Å². The number of hydrogen-bond donors (Lipinski definition) is 2. The normalized spacial score (nSPS) is 11.4. The van der Waals surface area contributed by atoms with Crippen molar-refractivity contribution in [2.24, 2.45) is 10.9 Å². The average Bonchev–Trinajstić information content (AvgIpc) is 2.49. The predicted molar refractivity (Wildman–Crippen MR) is 77.5 cm³/mol. The highest BCUT2D eigenvalue weighted by Crippen LogP contribution is 2.18. The summed E-state index contributed by atoms with van der Waals surface area (Å²) in [6.07, 6.45) is 0. The monoisotopic (exact) mass is 273 g/mol. The van der Waals surface area contributed by atoms with Gasteiger partial charge in [-0.05, 0) is 29.8 Å². The lowest BCUT2D eigenvalue weighted by Crippen LogP contribution is -2.21. The van der Waals surface area contributed by atoms with Crippen LogP contribution in [0.1, 0.15) is 11.1 Å². The first-order valence-electron chi connectivity index (χ1n) is 6.14. The molecule has 3 N–H and O–H groups in total. The minimum atomic E-state index is -0.419. The molecule has 0 aliphatic carbocycles. The van der Waals surface area contributed by atoms with Gasteiger partial charge in [0.2, 0.25) is 0 Å². The Kier molecular flexibility index (Phi) is 4.20. The molecular formula is C15H16FN3O. The van der Waals surface area contributed by atoms with Crippen molar-refractivity contribution in [2.75, 3.05) is 11.9 Å². The van der Waals surface area contributed by atoms with E-state index in [2.05, 4.69) is 5.16 Å². The Bertz CT molecular complexity index is 614. The van der Waals surface area contributed by atoms with Gasteiger partial charge >= 0.3 is 0 Å². The fraction of sp³-hybridized carbons (Fsp3) is 0.133. The van der Waals surface area contributed by atoms with Crippen molar-refractivity contribution in [2.45, 2.75) is 6.54 Å². The lowest BCUT2D eigenvalue weighted by molar-refractivity contribution is 0.318. The molecule has 104 valence electrons. The zero-order valence-corrected chi connectivity index (χ0v) is 11.1. The molecule has 0 heterocycles. The van der Waals surface area contributed by atoms with Crippen LogP contribution in [0.5, 0.6) is 0 Å². The number of anilines is 1. The number of para-hydroxylation sites is 1. The van der Waals surface area contributed by atoms with Crippen molar-refractivity contribution in [3.63, 3.8) is 0 Å². The van der Waals surface area contributed by atoms with Gasteiger partial charge in [-0.25, -0.2) is 4.39 Å².